The highest BCUT2D eigenvalue weighted by Crippen LogP contribution is 2.37. The molecular formula is C12H18ClN3O2S. The van der Waals surface area contributed by atoms with Gasteiger partial charge in [0.2, 0.25) is 0 Å². The van der Waals surface area contributed by atoms with Crippen molar-refractivity contribution in [2.75, 3.05) is 33.1 Å². The molecule has 1 fully saturated rings. The van der Waals surface area contributed by atoms with E-state index in [1.807, 2.05) is 0 Å². The van der Waals surface area contributed by atoms with E-state index in [1.54, 1.807) is 0 Å². The first kappa shape index (κ1) is 14.6. The number of anilines is 1. The van der Waals surface area contributed by atoms with Gasteiger partial charge in [-0.2, -0.15) is 0 Å². The van der Waals surface area contributed by atoms with Crippen molar-refractivity contribution in [2.24, 2.45) is 0 Å². The Kier molecular flexibility index (Phi) is 4.32. The zero-order valence-electron chi connectivity index (χ0n) is 11.3. The molecule has 2 rings (SSSR count). The summed E-state index contributed by atoms with van der Waals surface area (Å²) in [5, 5.41) is 4.15. The van der Waals surface area contributed by atoms with Crippen LogP contribution in [-0.4, -0.2) is 49.1 Å². The van der Waals surface area contributed by atoms with Gasteiger partial charge in [-0.15, -0.1) is 0 Å². The number of carbonyl (C=O) groups excluding carboxylic acids is 1. The Morgan fingerprint density at radius 2 is 2.26 bits per heavy atom. The van der Waals surface area contributed by atoms with E-state index in [4.69, 9.17) is 11.6 Å². The van der Waals surface area contributed by atoms with Gasteiger partial charge in [0.05, 0.1) is 7.11 Å². The number of aromatic nitrogens is 1. The van der Waals surface area contributed by atoms with Gasteiger partial charge in [-0.1, -0.05) is 22.9 Å². The molecule has 1 aromatic rings. The van der Waals surface area contributed by atoms with Gasteiger partial charge in [0, 0.05) is 12.1 Å². The van der Waals surface area contributed by atoms with Crippen molar-refractivity contribution in [3.05, 3.63) is 10.0 Å². The molecule has 0 radical (unpaired) electrons. The Hall–Kier alpha value is -0.850. The molecule has 0 bridgehead atoms. The molecule has 7 heteroatoms. The molecular weight excluding hydrogens is 286 g/mol. The summed E-state index contributed by atoms with van der Waals surface area (Å²) < 4.78 is 4.66. The summed E-state index contributed by atoms with van der Waals surface area (Å²) in [4.78, 5) is 18.2. The molecule has 5 nitrogen and oxygen atoms in total. The van der Waals surface area contributed by atoms with E-state index in [0.29, 0.717) is 10.0 Å². The molecule has 106 valence electrons. The number of ether oxygens (including phenoxy) is 1. The fraction of sp³-hybridized carbons (Fsp3) is 0.667. The van der Waals surface area contributed by atoms with Gasteiger partial charge in [-0.3, -0.25) is 0 Å². The maximum Gasteiger partial charge on any atom is 0.351 e. The van der Waals surface area contributed by atoms with Gasteiger partial charge in [0.15, 0.2) is 15.2 Å². The standard InChI is InChI=1S/C12H18ClN3O2S/c1-16(2)12(5-4-6-12)7-14-11-15-9(13)8(19-11)10(17)18-3/h4-7H2,1-3H3,(H,14,15). The van der Waals surface area contributed by atoms with Crippen LogP contribution in [0, 0.1) is 0 Å². The lowest BCUT2D eigenvalue weighted by molar-refractivity contribution is 0.0606. The van der Waals surface area contributed by atoms with Crippen molar-refractivity contribution >= 4 is 34.0 Å². The Balaban J connectivity index is 2.02. The van der Waals surface area contributed by atoms with Gasteiger partial charge < -0.3 is 15.0 Å². The van der Waals surface area contributed by atoms with Crippen LogP contribution in [-0.2, 0) is 4.74 Å². The molecule has 0 aromatic carbocycles. The minimum atomic E-state index is -0.443. The third kappa shape index (κ3) is 2.85. The number of nitrogens with one attached hydrogen (secondary N) is 1. The highest BCUT2D eigenvalue weighted by atomic mass is 35.5. The molecule has 0 aliphatic heterocycles. The number of hydrogen-bond donors (Lipinski definition) is 1. The number of hydrogen-bond acceptors (Lipinski definition) is 6. The van der Waals surface area contributed by atoms with E-state index in [9.17, 15) is 4.79 Å². The van der Waals surface area contributed by atoms with E-state index < -0.39 is 5.97 Å². The summed E-state index contributed by atoms with van der Waals surface area (Å²) in [6.45, 7) is 0.810. The molecule has 19 heavy (non-hydrogen) atoms. The Labute approximate surface area is 121 Å². The minimum Gasteiger partial charge on any atom is -0.465 e. The molecule has 1 saturated carbocycles. The highest BCUT2D eigenvalue weighted by Gasteiger charge is 2.39. The molecule has 0 amide bonds. The second-order valence-corrected chi connectivity index (χ2v) is 6.31. The maximum absolute atomic E-state index is 11.5. The van der Waals surface area contributed by atoms with E-state index in [1.165, 1.54) is 37.7 Å². The Morgan fingerprint density at radius 1 is 1.58 bits per heavy atom. The number of thiazole rings is 1. The van der Waals surface area contributed by atoms with Crippen LogP contribution < -0.4 is 5.32 Å². The summed E-state index contributed by atoms with van der Waals surface area (Å²) >= 11 is 7.16. The summed E-state index contributed by atoms with van der Waals surface area (Å²) in [5.74, 6) is -0.443. The first-order valence-corrected chi connectivity index (χ1v) is 7.34. The maximum atomic E-state index is 11.5. The van der Waals surface area contributed by atoms with Crippen molar-refractivity contribution in [1.82, 2.24) is 9.88 Å². The third-order valence-corrected chi connectivity index (χ3v) is 5.14. The molecule has 0 atom stereocenters. The van der Waals surface area contributed by atoms with E-state index in [2.05, 4.69) is 34.0 Å². The first-order chi connectivity index (χ1) is 8.98. The molecule has 1 aliphatic rings. The molecule has 0 unspecified atom stereocenters. The summed E-state index contributed by atoms with van der Waals surface area (Å²) in [7, 11) is 5.52. The normalized spacial score (nSPS) is 17.1. The fourth-order valence-electron chi connectivity index (χ4n) is 2.20. The Morgan fingerprint density at radius 3 is 2.74 bits per heavy atom. The molecule has 0 saturated heterocycles. The third-order valence-electron chi connectivity index (χ3n) is 3.76. The van der Waals surface area contributed by atoms with E-state index in [-0.39, 0.29) is 10.7 Å². The van der Waals surface area contributed by atoms with Crippen LogP contribution in [0.25, 0.3) is 0 Å². The van der Waals surface area contributed by atoms with Crippen LogP contribution >= 0.6 is 22.9 Å². The number of esters is 1. The first-order valence-electron chi connectivity index (χ1n) is 6.14. The van der Waals surface area contributed by atoms with E-state index >= 15 is 0 Å². The predicted octanol–water partition coefficient (Wildman–Crippen LogP) is 2.48. The SMILES string of the molecule is COC(=O)c1sc(NCC2(N(C)C)CCC2)nc1Cl. The van der Waals surface area contributed by atoms with Crippen LogP contribution in [0.1, 0.15) is 28.9 Å². The van der Waals surface area contributed by atoms with Gasteiger partial charge in [0.1, 0.15) is 0 Å². The van der Waals surface area contributed by atoms with Gasteiger partial charge in [-0.25, -0.2) is 9.78 Å². The number of halogens is 1. The van der Waals surface area contributed by atoms with Crippen molar-refractivity contribution in [2.45, 2.75) is 24.8 Å². The quantitative estimate of drug-likeness (QED) is 0.847. The second-order valence-electron chi connectivity index (χ2n) is 4.96. The fourth-order valence-corrected chi connectivity index (χ4v) is 3.30. The zero-order valence-corrected chi connectivity index (χ0v) is 12.9. The van der Waals surface area contributed by atoms with Crippen molar-refractivity contribution in [3.63, 3.8) is 0 Å². The van der Waals surface area contributed by atoms with Crippen LogP contribution in [0.4, 0.5) is 5.13 Å². The zero-order chi connectivity index (χ0) is 14.0. The van der Waals surface area contributed by atoms with E-state index in [0.717, 1.165) is 6.54 Å². The van der Waals surface area contributed by atoms with Crippen molar-refractivity contribution in [3.8, 4) is 0 Å². The van der Waals surface area contributed by atoms with Crippen LogP contribution in [0.3, 0.4) is 0 Å². The van der Waals surface area contributed by atoms with Crippen LogP contribution in [0.15, 0.2) is 0 Å². The smallest absolute Gasteiger partial charge is 0.351 e. The predicted molar refractivity (Wildman–Crippen MR) is 77.2 cm³/mol. The summed E-state index contributed by atoms with van der Waals surface area (Å²) in [6, 6.07) is 0. The van der Waals surface area contributed by atoms with Gasteiger partial charge in [-0.05, 0) is 33.4 Å². The number of rotatable bonds is 5. The monoisotopic (exact) mass is 303 g/mol. The number of nitrogens with zero attached hydrogens (tertiary/aromatic N) is 2. The lowest BCUT2D eigenvalue weighted by Crippen LogP contribution is -2.54. The van der Waals surface area contributed by atoms with Gasteiger partial charge in [0.25, 0.3) is 0 Å². The molecule has 1 aliphatic carbocycles. The summed E-state index contributed by atoms with van der Waals surface area (Å²) in [5.41, 5.74) is 0.198. The number of likely N-dealkylation sites (N-methyl/N-ethyl adjacent to an activating group) is 1. The number of carbonyl (C=O) groups is 1. The summed E-state index contributed by atoms with van der Waals surface area (Å²) in [6.07, 6.45) is 3.61. The molecule has 1 heterocycles. The average Bonchev–Trinajstić information content (AvgIpc) is 2.68. The van der Waals surface area contributed by atoms with Crippen LogP contribution in [0.2, 0.25) is 5.15 Å². The van der Waals surface area contributed by atoms with Gasteiger partial charge >= 0.3 is 5.97 Å². The molecule has 1 N–H and O–H groups in total. The Bertz CT molecular complexity index is 472. The largest absolute Gasteiger partial charge is 0.465 e. The minimum absolute atomic E-state index is 0.198. The lowest BCUT2D eigenvalue weighted by atomic mass is 9.75. The molecule has 1 aromatic heterocycles. The van der Waals surface area contributed by atoms with Crippen molar-refractivity contribution in [1.29, 1.82) is 0 Å². The topological polar surface area (TPSA) is 54.5 Å². The lowest BCUT2D eigenvalue weighted by Gasteiger charge is -2.47. The van der Waals surface area contributed by atoms with Crippen LogP contribution in [0.5, 0.6) is 0 Å². The molecule has 0 spiro atoms. The highest BCUT2D eigenvalue weighted by molar-refractivity contribution is 7.18. The average molecular weight is 304 g/mol. The van der Waals surface area contributed by atoms with Crippen molar-refractivity contribution < 1.29 is 9.53 Å². The second kappa shape index (κ2) is 5.64. The number of methoxy groups -OCH3 is 1.